The van der Waals surface area contributed by atoms with Gasteiger partial charge in [0.15, 0.2) is 5.03 Å². The number of nitrogens with zero attached hydrogens (tertiary/aromatic N) is 2. The summed E-state index contributed by atoms with van der Waals surface area (Å²) >= 11 is 0. The molecular weight excluding hydrogens is 254 g/mol. The molecule has 1 rings (SSSR count). The zero-order valence-electron chi connectivity index (χ0n) is 11.3. The van der Waals surface area contributed by atoms with Gasteiger partial charge in [-0.25, -0.2) is 18.1 Å². The molecular formula is C11H21N3O3S. The number of rotatable bonds is 6. The van der Waals surface area contributed by atoms with Gasteiger partial charge in [0.1, 0.15) is 5.82 Å². The van der Waals surface area contributed by atoms with Gasteiger partial charge < -0.3 is 9.67 Å². The number of imidazole rings is 1. The highest BCUT2D eigenvalue weighted by molar-refractivity contribution is 7.89. The van der Waals surface area contributed by atoms with Crippen molar-refractivity contribution < 1.29 is 13.5 Å². The van der Waals surface area contributed by atoms with Gasteiger partial charge in [0.05, 0.1) is 5.60 Å². The number of hydrogen-bond donors (Lipinski definition) is 2. The molecule has 0 unspecified atom stereocenters. The first-order valence-corrected chi connectivity index (χ1v) is 7.44. The third-order valence-corrected chi connectivity index (χ3v) is 4.54. The van der Waals surface area contributed by atoms with E-state index < -0.39 is 15.6 Å². The molecule has 1 heterocycles. The molecule has 0 bridgehead atoms. The molecule has 18 heavy (non-hydrogen) atoms. The molecule has 7 heteroatoms. The van der Waals surface area contributed by atoms with Crippen LogP contribution in [0.5, 0.6) is 0 Å². The predicted molar refractivity (Wildman–Crippen MR) is 68.7 cm³/mol. The summed E-state index contributed by atoms with van der Waals surface area (Å²) in [6, 6.07) is 0. The molecule has 2 N–H and O–H groups in total. The van der Waals surface area contributed by atoms with Crippen molar-refractivity contribution in [1.82, 2.24) is 14.3 Å². The fraction of sp³-hybridized carbons (Fsp3) is 0.727. The minimum atomic E-state index is -3.66. The Kier molecular flexibility index (Phi) is 4.52. The second-order valence-electron chi connectivity index (χ2n) is 4.49. The smallest absolute Gasteiger partial charge is 0.259 e. The van der Waals surface area contributed by atoms with Crippen LogP contribution >= 0.6 is 0 Å². The maximum atomic E-state index is 12.0. The molecule has 0 spiro atoms. The number of nitrogens with one attached hydrogen (secondary N) is 1. The van der Waals surface area contributed by atoms with Crippen molar-refractivity contribution in [3.63, 3.8) is 0 Å². The molecule has 0 amide bonds. The zero-order chi connectivity index (χ0) is 14.0. The Morgan fingerprint density at radius 2 is 2.00 bits per heavy atom. The monoisotopic (exact) mass is 275 g/mol. The zero-order valence-corrected chi connectivity index (χ0v) is 12.1. The summed E-state index contributed by atoms with van der Waals surface area (Å²) in [5, 5.41) is 10.0. The van der Waals surface area contributed by atoms with E-state index in [4.69, 9.17) is 0 Å². The lowest BCUT2D eigenvalue weighted by molar-refractivity contribution is 0.0377. The average Bonchev–Trinajstić information content (AvgIpc) is 2.68. The number of aliphatic hydroxyl groups is 1. The fourth-order valence-corrected chi connectivity index (χ4v) is 2.61. The van der Waals surface area contributed by atoms with Gasteiger partial charge in [-0.1, -0.05) is 13.8 Å². The third-order valence-electron chi connectivity index (χ3n) is 3.27. The van der Waals surface area contributed by atoms with Gasteiger partial charge in [-0.05, 0) is 19.8 Å². The summed E-state index contributed by atoms with van der Waals surface area (Å²) in [5.41, 5.74) is -1.00. The van der Waals surface area contributed by atoms with Gasteiger partial charge in [0, 0.05) is 19.8 Å². The Bertz CT molecular complexity index is 484. The Morgan fingerprint density at radius 1 is 1.44 bits per heavy atom. The van der Waals surface area contributed by atoms with Gasteiger partial charge in [0.25, 0.3) is 10.0 Å². The van der Waals surface area contributed by atoms with Crippen LogP contribution in [0.3, 0.4) is 0 Å². The van der Waals surface area contributed by atoms with Gasteiger partial charge in [-0.3, -0.25) is 0 Å². The minimum absolute atomic E-state index is 0.00203. The molecule has 0 saturated carbocycles. The summed E-state index contributed by atoms with van der Waals surface area (Å²) < 4.78 is 28.0. The van der Waals surface area contributed by atoms with Crippen molar-refractivity contribution in [2.75, 3.05) is 6.54 Å². The Morgan fingerprint density at radius 3 is 2.39 bits per heavy atom. The first-order chi connectivity index (χ1) is 8.24. The molecule has 0 atom stereocenters. The van der Waals surface area contributed by atoms with Crippen LogP contribution in [0.25, 0.3) is 0 Å². The number of sulfonamides is 1. The second kappa shape index (κ2) is 5.38. The highest BCUT2D eigenvalue weighted by Gasteiger charge is 2.26. The highest BCUT2D eigenvalue weighted by Crippen LogP contribution is 2.15. The van der Waals surface area contributed by atoms with E-state index in [-0.39, 0.29) is 11.6 Å². The van der Waals surface area contributed by atoms with Crippen molar-refractivity contribution in [2.24, 2.45) is 7.05 Å². The summed E-state index contributed by atoms with van der Waals surface area (Å²) in [4.78, 5) is 3.97. The largest absolute Gasteiger partial charge is 0.389 e. The van der Waals surface area contributed by atoms with Crippen molar-refractivity contribution in [2.45, 2.75) is 44.2 Å². The van der Waals surface area contributed by atoms with Crippen molar-refractivity contribution >= 4 is 10.0 Å². The highest BCUT2D eigenvalue weighted by atomic mass is 32.2. The molecule has 6 nitrogen and oxygen atoms in total. The third kappa shape index (κ3) is 3.30. The van der Waals surface area contributed by atoms with E-state index in [0.717, 1.165) is 0 Å². The first-order valence-electron chi connectivity index (χ1n) is 5.96. The quantitative estimate of drug-likeness (QED) is 0.794. The lowest BCUT2D eigenvalue weighted by atomic mass is 9.98. The van der Waals surface area contributed by atoms with E-state index in [1.54, 1.807) is 18.5 Å². The van der Waals surface area contributed by atoms with Gasteiger partial charge >= 0.3 is 0 Å². The average molecular weight is 275 g/mol. The van der Waals surface area contributed by atoms with E-state index in [1.807, 2.05) is 13.8 Å². The summed E-state index contributed by atoms with van der Waals surface area (Å²) in [5.74, 6) is 0.622. The minimum Gasteiger partial charge on any atom is -0.389 e. The predicted octanol–water partition coefficient (Wildman–Crippen LogP) is 0.558. The number of aryl methyl sites for hydroxylation is 2. The Balaban J connectivity index is 2.83. The maximum Gasteiger partial charge on any atom is 0.259 e. The molecule has 1 aromatic rings. The van der Waals surface area contributed by atoms with Crippen LogP contribution in [-0.4, -0.2) is 35.2 Å². The van der Waals surface area contributed by atoms with E-state index >= 15 is 0 Å². The SMILES string of the molecule is CCC(O)(CC)CNS(=O)(=O)c1cn(C)c(C)n1. The molecule has 0 fully saturated rings. The van der Waals surface area contributed by atoms with Crippen molar-refractivity contribution in [3.8, 4) is 0 Å². The molecule has 0 aromatic carbocycles. The molecule has 1 aromatic heterocycles. The van der Waals surface area contributed by atoms with Crippen LogP contribution in [0.1, 0.15) is 32.5 Å². The second-order valence-corrected chi connectivity index (χ2v) is 6.21. The van der Waals surface area contributed by atoms with Crippen LogP contribution in [0.4, 0.5) is 0 Å². The van der Waals surface area contributed by atoms with Crippen LogP contribution in [0.15, 0.2) is 11.2 Å². The molecule has 0 aliphatic carbocycles. The lowest BCUT2D eigenvalue weighted by Crippen LogP contribution is -2.42. The van der Waals surface area contributed by atoms with Crippen molar-refractivity contribution in [1.29, 1.82) is 0 Å². The molecule has 0 saturated heterocycles. The van der Waals surface area contributed by atoms with E-state index in [0.29, 0.717) is 18.7 Å². The van der Waals surface area contributed by atoms with Crippen LogP contribution in [0, 0.1) is 6.92 Å². The summed E-state index contributed by atoms with van der Waals surface area (Å²) in [6.45, 7) is 5.37. The van der Waals surface area contributed by atoms with Gasteiger partial charge in [-0.15, -0.1) is 0 Å². The molecule has 104 valence electrons. The van der Waals surface area contributed by atoms with E-state index in [9.17, 15) is 13.5 Å². The Hall–Kier alpha value is -0.920. The summed E-state index contributed by atoms with van der Waals surface area (Å²) in [6.07, 6.45) is 2.44. The lowest BCUT2D eigenvalue weighted by Gasteiger charge is -2.24. The number of aromatic nitrogens is 2. The molecule has 0 radical (unpaired) electrons. The Labute approximate surface area is 108 Å². The standard InChI is InChI=1S/C11H21N3O3S/c1-5-11(15,6-2)8-12-18(16,17)10-7-14(4)9(3)13-10/h7,12,15H,5-6,8H2,1-4H3. The summed E-state index contributed by atoms with van der Waals surface area (Å²) in [7, 11) is -1.93. The van der Waals surface area contributed by atoms with Gasteiger partial charge in [-0.2, -0.15) is 0 Å². The maximum absolute atomic E-state index is 12.0. The van der Waals surface area contributed by atoms with Crippen molar-refractivity contribution in [3.05, 3.63) is 12.0 Å². The fourth-order valence-electron chi connectivity index (χ4n) is 1.46. The molecule has 0 aliphatic rings. The van der Waals surface area contributed by atoms with Crippen LogP contribution < -0.4 is 4.72 Å². The van der Waals surface area contributed by atoms with Crippen LogP contribution in [0.2, 0.25) is 0 Å². The normalized spacial score (nSPS) is 12.9. The number of hydrogen-bond acceptors (Lipinski definition) is 4. The van der Waals surface area contributed by atoms with E-state index in [1.165, 1.54) is 6.20 Å². The van der Waals surface area contributed by atoms with Crippen LogP contribution in [-0.2, 0) is 17.1 Å². The first kappa shape index (κ1) is 15.1. The topological polar surface area (TPSA) is 84.2 Å². The van der Waals surface area contributed by atoms with E-state index in [2.05, 4.69) is 9.71 Å². The molecule has 0 aliphatic heterocycles. The van der Waals surface area contributed by atoms with Gasteiger partial charge in [0.2, 0.25) is 0 Å².